The molecule has 3 aliphatic rings. The van der Waals surface area contributed by atoms with Crippen LogP contribution in [0.3, 0.4) is 0 Å². The molecule has 34 heavy (non-hydrogen) atoms. The van der Waals surface area contributed by atoms with E-state index < -0.39 is 0 Å². The fourth-order valence-electron chi connectivity index (χ4n) is 6.11. The molecule has 1 heterocycles. The molecule has 0 aromatic heterocycles. The van der Waals surface area contributed by atoms with Gasteiger partial charge >= 0.3 is 0 Å². The number of carbonyl (C=O) groups is 1. The summed E-state index contributed by atoms with van der Waals surface area (Å²) in [4.78, 5) is 15.3. The second-order valence-corrected chi connectivity index (χ2v) is 11.0. The van der Waals surface area contributed by atoms with Gasteiger partial charge in [-0.05, 0) is 80.0 Å². The molecule has 5 rings (SSSR count). The topological polar surface area (TPSA) is 58.4 Å². The normalized spacial score (nSPS) is 28.5. The fraction of sp³-hybridized carbons (Fsp3) is 0.552. The van der Waals surface area contributed by atoms with Gasteiger partial charge in [0.25, 0.3) is 0 Å². The van der Waals surface area contributed by atoms with Crippen molar-refractivity contribution in [2.24, 2.45) is 17.1 Å². The molecule has 2 aliphatic carbocycles. The van der Waals surface area contributed by atoms with E-state index in [9.17, 15) is 9.18 Å². The maximum Gasteiger partial charge on any atom is 0.225 e. The molecule has 0 radical (unpaired) electrons. The van der Waals surface area contributed by atoms with Crippen LogP contribution in [0.2, 0.25) is 0 Å². The number of benzene rings is 2. The number of piperidine rings is 1. The maximum absolute atomic E-state index is 13.5. The van der Waals surface area contributed by atoms with Gasteiger partial charge in [0.1, 0.15) is 5.82 Å². The predicted octanol–water partition coefficient (Wildman–Crippen LogP) is 4.64. The highest BCUT2D eigenvalue weighted by Gasteiger charge is 2.42. The Morgan fingerprint density at radius 1 is 1.00 bits per heavy atom. The van der Waals surface area contributed by atoms with Gasteiger partial charge in [0.15, 0.2) is 0 Å². The lowest BCUT2D eigenvalue weighted by Crippen LogP contribution is -2.50. The third-order valence-electron chi connectivity index (χ3n) is 8.51. The highest BCUT2D eigenvalue weighted by Crippen LogP contribution is 2.42. The predicted molar refractivity (Wildman–Crippen MR) is 134 cm³/mol. The van der Waals surface area contributed by atoms with Crippen LogP contribution in [0.15, 0.2) is 54.6 Å². The van der Waals surface area contributed by atoms with E-state index in [1.54, 1.807) is 12.1 Å². The van der Waals surface area contributed by atoms with Gasteiger partial charge in [0.05, 0.1) is 0 Å². The zero-order chi connectivity index (χ0) is 23.5. The van der Waals surface area contributed by atoms with Crippen molar-refractivity contribution in [3.05, 3.63) is 71.5 Å². The molecule has 1 unspecified atom stereocenters. The molecule has 3 fully saturated rings. The molecule has 1 amide bonds. The van der Waals surface area contributed by atoms with Gasteiger partial charge in [0, 0.05) is 43.6 Å². The van der Waals surface area contributed by atoms with Gasteiger partial charge in [-0.25, -0.2) is 4.39 Å². The van der Waals surface area contributed by atoms with Crippen molar-refractivity contribution in [1.29, 1.82) is 0 Å². The number of carbonyl (C=O) groups excluding carboxylic acids is 1. The first-order valence-electron chi connectivity index (χ1n) is 13.1. The number of amides is 1. The van der Waals surface area contributed by atoms with Crippen LogP contribution in [0.25, 0.3) is 0 Å². The van der Waals surface area contributed by atoms with Gasteiger partial charge in [0.2, 0.25) is 5.91 Å². The minimum atomic E-state index is -0.188. The lowest BCUT2D eigenvalue weighted by atomic mass is 9.73. The van der Waals surface area contributed by atoms with E-state index in [-0.39, 0.29) is 23.2 Å². The summed E-state index contributed by atoms with van der Waals surface area (Å²) in [5.74, 6) is 0.901. The van der Waals surface area contributed by atoms with E-state index in [0.717, 1.165) is 64.6 Å². The molecule has 2 aromatic carbocycles. The molecular formula is C29H38FN3O. The molecular weight excluding hydrogens is 425 g/mol. The molecule has 0 bridgehead atoms. The Bertz CT molecular complexity index is 947. The second kappa shape index (κ2) is 10.2. The lowest BCUT2D eigenvalue weighted by Gasteiger charge is -2.43. The number of rotatable bonds is 7. The highest BCUT2D eigenvalue weighted by molar-refractivity contribution is 5.79. The Labute approximate surface area is 203 Å². The Hall–Kier alpha value is -2.24. The Balaban J connectivity index is 1.22. The van der Waals surface area contributed by atoms with Crippen molar-refractivity contribution in [2.75, 3.05) is 19.6 Å². The summed E-state index contributed by atoms with van der Waals surface area (Å²) in [6, 6.07) is 18.5. The fourth-order valence-corrected chi connectivity index (χ4v) is 6.11. The Morgan fingerprint density at radius 2 is 1.68 bits per heavy atom. The van der Waals surface area contributed by atoms with Gasteiger partial charge in [-0.1, -0.05) is 42.5 Å². The minimum absolute atomic E-state index is 0.0906. The summed E-state index contributed by atoms with van der Waals surface area (Å²) in [5.41, 5.74) is 8.74. The van der Waals surface area contributed by atoms with E-state index in [4.69, 9.17) is 5.73 Å². The molecule has 3 N–H and O–H groups in total. The van der Waals surface area contributed by atoms with Crippen LogP contribution < -0.4 is 11.1 Å². The Kier molecular flexibility index (Phi) is 7.03. The largest absolute Gasteiger partial charge is 0.342 e. The third-order valence-corrected chi connectivity index (χ3v) is 8.51. The Morgan fingerprint density at radius 3 is 2.35 bits per heavy atom. The number of likely N-dealkylation sites (tertiary alicyclic amines) is 1. The zero-order valence-electron chi connectivity index (χ0n) is 20.1. The molecule has 2 atom stereocenters. The summed E-state index contributed by atoms with van der Waals surface area (Å²) < 4.78 is 13.5. The number of hydrogen-bond donors (Lipinski definition) is 2. The summed E-state index contributed by atoms with van der Waals surface area (Å²) in [5, 5.41) is 3.87. The van der Waals surface area contributed by atoms with Gasteiger partial charge in [-0.3, -0.25) is 4.79 Å². The minimum Gasteiger partial charge on any atom is -0.342 e. The summed E-state index contributed by atoms with van der Waals surface area (Å²) in [6.07, 6.45) is 7.87. The summed E-state index contributed by atoms with van der Waals surface area (Å²) in [6.45, 7) is 2.58. The van der Waals surface area contributed by atoms with Crippen molar-refractivity contribution in [2.45, 2.75) is 69.4 Å². The van der Waals surface area contributed by atoms with Crippen LogP contribution in [0.5, 0.6) is 0 Å². The van der Waals surface area contributed by atoms with Crippen LogP contribution in [0.1, 0.15) is 62.0 Å². The average molecular weight is 464 g/mol. The summed E-state index contributed by atoms with van der Waals surface area (Å²) in [7, 11) is 0. The smallest absolute Gasteiger partial charge is 0.225 e. The van der Waals surface area contributed by atoms with E-state index >= 15 is 0 Å². The van der Waals surface area contributed by atoms with Crippen LogP contribution in [-0.4, -0.2) is 42.5 Å². The van der Waals surface area contributed by atoms with Crippen molar-refractivity contribution in [3.8, 4) is 0 Å². The van der Waals surface area contributed by atoms with E-state index in [1.165, 1.54) is 17.5 Å². The highest BCUT2D eigenvalue weighted by atomic mass is 19.1. The van der Waals surface area contributed by atoms with Gasteiger partial charge in [-0.2, -0.15) is 0 Å². The van der Waals surface area contributed by atoms with Crippen LogP contribution in [0, 0.1) is 17.2 Å². The molecule has 2 aromatic rings. The lowest BCUT2D eigenvalue weighted by molar-refractivity contribution is -0.139. The van der Waals surface area contributed by atoms with Gasteiger partial charge < -0.3 is 16.0 Å². The number of nitrogens with zero attached hydrogens (tertiary/aromatic N) is 1. The van der Waals surface area contributed by atoms with Crippen LogP contribution >= 0.6 is 0 Å². The van der Waals surface area contributed by atoms with Crippen LogP contribution in [-0.2, 0) is 11.2 Å². The molecule has 1 saturated heterocycles. The molecule has 182 valence electrons. The average Bonchev–Trinajstić information content (AvgIpc) is 3.65. The van der Waals surface area contributed by atoms with Crippen molar-refractivity contribution in [3.63, 3.8) is 0 Å². The second-order valence-electron chi connectivity index (χ2n) is 11.0. The molecule has 5 heteroatoms. The first kappa shape index (κ1) is 23.5. The van der Waals surface area contributed by atoms with Crippen molar-refractivity contribution in [1.82, 2.24) is 10.2 Å². The SMILES string of the molecule is NC1CCC(C(=O)N2CCC(CN[C@@H]3CC3c3ccccc3)(Cc3ccc(F)cc3)CC2)CC1. The maximum atomic E-state index is 13.5. The standard InChI is InChI=1S/C29H38FN3O/c30-24-10-6-21(7-11-24)19-29(20-32-27-18-26(27)22-4-2-1-3-5-22)14-16-33(17-15-29)28(34)23-8-12-25(31)13-9-23/h1-7,10-11,23,25-27,32H,8-9,12-20,31H2/t23?,25?,26?,27-/m1/s1. The zero-order valence-corrected chi connectivity index (χ0v) is 20.1. The first-order chi connectivity index (χ1) is 16.5. The van der Waals surface area contributed by atoms with E-state index in [1.807, 2.05) is 12.1 Å². The number of nitrogens with one attached hydrogen (secondary N) is 1. The van der Waals surface area contributed by atoms with E-state index in [0.29, 0.717) is 17.9 Å². The molecule has 0 spiro atoms. The quantitative estimate of drug-likeness (QED) is 0.629. The summed E-state index contributed by atoms with van der Waals surface area (Å²) >= 11 is 0. The van der Waals surface area contributed by atoms with Crippen LogP contribution in [0.4, 0.5) is 4.39 Å². The van der Waals surface area contributed by atoms with E-state index in [2.05, 4.69) is 40.5 Å². The number of nitrogens with two attached hydrogens (primary N) is 1. The molecule has 1 aliphatic heterocycles. The first-order valence-corrected chi connectivity index (χ1v) is 13.1. The number of hydrogen-bond acceptors (Lipinski definition) is 3. The molecule has 4 nitrogen and oxygen atoms in total. The molecule has 2 saturated carbocycles. The van der Waals surface area contributed by atoms with Gasteiger partial charge in [-0.15, -0.1) is 0 Å². The van der Waals surface area contributed by atoms with Crippen molar-refractivity contribution < 1.29 is 9.18 Å². The monoisotopic (exact) mass is 463 g/mol. The number of halogens is 1. The third kappa shape index (κ3) is 5.52. The van der Waals surface area contributed by atoms with Crippen molar-refractivity contribution >= 4 is 5.91 Å².